The van der Waals surface area contributed by atoms with Crippen LogP contribution in [-0.4, -0.2) is 44.4 Å². The number of ether oxygens (including phenoxy) is 1. The maximum Gasteiger partial charge on any atom is 0.272 e. The Hall–Kier alpha value is -1.67. The van der Waals surface area contributed by atoms with E-state index in [1.165, 1.54) is 17.0 Å². The number of sulfonamides is 1. The molecule has 104 valence electrons. The van der Waals surface area contributed by atoms with Gasteiger partial charge in [0.2, 0.25) is 0 Å². The number of aromatic nitrogens is 1. The molecule has 1 aliphatic carbocycles. The van der Waals surface area contributed by atoms with Crippen molar-refractivity contribution in [2.24, 2.45) is 5.14 Å². The molecule has 1 fully saturated rings. The fourth-order valence-corrected chi connectivity index (χ4v) is 1.92. The average Bonchev–Trinajstić information content (AvgIpc) is 3.10. The first-order valence-electron chi connectivity index (χ1n) is 5.70. The molecule has 2 rings (SSSR count). The molecule has 1 amide bonds. The van der Waals surface area contributed by atoms with Gasteiger partial charge in [-0.05, 0) is 12.8 Å². The summed E-state index contributed by atoms with van der Waals surface area (Å²) in [5.41, 5.74) is -0.00725. The van der Waals surface area contributed by atoms with E-state index in [2.05, 4.69) is 4.98 Å². The summed E-state index contributed by atoms with van der Waals surface area (Å²) in [6.07, 6.45) is 1.92. The van der Waals surface area contributed by atoms with Crippen molar-refractivity contribution in [1.29, 1.82) is 0 Å². The van der Waals surface area contributed by atoms with E-state index in [1.807, 2.05) is 0 Å². The second kappa shape index (κ2) is 4.78. The number of carbonyl (C=O) groups is 1. The quantitative estimate of drug-likeness (QED) is 0.837. The molecule has 7 nitrogen and oxygen atoms in total. The SMILES string of the molecule is CN(C)C(=O)c1cc(OC2CC2)cc(S(N)(=O)=O)n1. The highest BCUT2D eigenvalue weighted by Crippen LogP contribution is 2.28. The van der Waals surface area contributed by atoms with Crippen LogP contribution in [0.1, 0.15) is 23.3 Å². The first-order chi connectivity index (χ1) is 8.77. The molecule has 0 saturated heterocycles. The summed E-state index contributed by atoms with van der Waals surface area (Å²) in [5.74, 6) is -0.113. The van der Waals surface area contributed by atoms with Gasteiger partial charge >= 0.3 is 0 Å². The predicted octanol–water partition coefficient (Wildman–Crippen LogP) is -0.0280. The number of hydrogen-bond donors (Lipinski definition) is 1. The zero-order chi connectivity index (χ0) is 14.2. The average molecular weight is 285 g/mol. The molecular formula is C11H15N3O4S. The van der Waals surface area contributed by atoms with Crippen molar-refractivity contribution in [3.8, 4) is 5.75 Å². The normalized spacial score (nSPS) is 15.1. The van der Waals surface area contributed by atoms with E-state index in [1.54, 1.807) is 14.1 Å². The lowest BCUT2D eigenvalue weighted by Gasteiger charge is -2.12. The van der Waals surface area contributed by atoms with Crippen LogP contribution in [0.2, 0.25) is 0 Å². The number of primary sulfonamides is 1. The van der Waals surface area contributed by atoms with E-state index in [0.29, 0.717) is 5.75 Å². The van der Waals surface area contributed by atoms with E-state index < -0.39 is 15.9 Å². The molecule has 2 N–H and O–H groups in total. The summed E-state index contributed by atoms with van der Waals surface area (Å²) in [6.45, 7) is 0. The third-order valence-corrected chi connectivity index (χ3v) is 3.31. The highest BCUT2D eigenvalue weighted by Gasteiger charge is 2.25. The first-order valence-corrected chi connectivity index (χ1v) is 7.25. The van der Waals surface area contributed by atoms with Gasteiger partial charge in [-0.15, -0.1) is 0 Å². The molecule has 0 unspecified atom stereocenters. The van der Waals surface area contributed by atoms with Gasteiger partial charge in [0.25, 0.3) is 15.9 Å². The second-order valence-corrected chi connectivity index (χ2v) is 6.10. The number of carbonyl (C=O) groups excluding carboxylic acids is 1. The van der Waals surface area contributed by atoms with Crippen LogP contribution < -0.4 is 9.88 Å². The molecule has 1 aliphatic rings. The monoisotopic (exact) mass is 285 g/mol. The van der Waals surface area contributed by atoms with Crippen LogP contribution in [0.4, 0.5) is 0 Å². The van der Waals surface area contributed by atoms with Crippen molar-refractivity contribution in [1.82, 2.24) is 9.88 Å². The largest absolute Gasteiger partial charge is 0.490 e. The zero-order valence-electron chi connectivity index (χ0n) is 10.7. The third-order valence-electron chi connectivity index (χ3n) is 2.52. The zero-order valence-corrected chi connectivity index (χ0v) is 11.5. The highest BCUT2D eigenvalue weighted by atomic mass is 32.2. The van der Waals surface area contributed by atoms with E-state index in [4.69, 9.17) is 9.88 Å². The lowest BCUT2D eigenvalue weighted by molar-refractivity contribution is 0.0820. The van der Waals surface area contributed by atoms with Crippen LogP contribution in [0.3, 0.4) is 0 Å². The summed E-state index contributed by atoms with van der Waals surface area (Å²) in [5, 5.41) is 4.68. The van der Waals surface area contributed by atoms with E-state index in [0.717, 1.165) is 12.8 Å². The molecule has 0 spiro atoms. The van der Waals surface area contributed by atoms with Crippen molar-refractivity contribution < 1.29 is 17.9 Å². The van der Waals surface area contributed by atoms with Gasteiger partial charge < -0.3 is 9.64 Å². The summed E-state index contributed by atoms with van der Waals surface area (Å²) in [7, 11) is -0.883. The fourth-order valence-electron chi connectivity index (χ4n) is 1.41. The Morgan fingerprint density at radius 2 is 2.05 bits per heavy atom. The predicted molar refractivity (Wildman–Crippen MR) is 67.3 cm³/mol. The topological polar surface area (TPSA) is 103 Å². The molecule has 1 saturated carbocycles. The smallest absolute Gasteiger partial charge is 0.272 e. The summed E-state index contributed by atoms with van der Waals surface area (Å²) in [6, 6.07) is 2.66. The van der Waals surface area contributed by atoms with Crippen molar-refractivity contribution in [3.63, 3.8) is 0 Å². The molecule has 1 aromatic rings. The van der Waals surface area contributed by atoms with Crippen LogP contribution in [-0.2, 0) is 10.0 Å². The van der Waals surface area contributed by atoms with Crippen LogP contribution >= 0.6 is 0 Å². The molecule has 1 heterocycles. The van der Waals surface area contributed by atoms with Crippen LogP contribution in [0.15, 0.2) is 17.2 Å². The van der Waals surface area contributed by atoms with Gasteiger partial charge in [0, 0.05) is 26.2 Å². The number of nitrogens with two attached hydrogens (primary N) is 1. The molecule has 0 aromatic carbocycles. The molecule has 0 radical (unpaired) electrons. The Bertz CT molecular complexity index is 608. The third kappa shape index (κ3) is 3.42. The summed E-state index contributed by atoms with van der Waals surface area (Å²) in [4.78, 5) is 16.9. The summed E-state index contributed by atoms with van der Waals surface area (Å²) >= 11 is 0. The minimum absolute atomic E-state index is 0.00725. The molecule has 0 aliphatic heterocycles. The van der Waals surface area contributed by atoms with Gasteiger partial charge in [-0.2, -0.15) is 0 Å². The molecule has 0 atom stereocenters. The van der Waals surface area contributed by atoms with Crippen molar-refractivity contribution in [2.45, 2.75) is 24.0 Å². The Kier molecular flexibility index (Phi) is 3.46. The van der Waals surface area contributed by atoms with E-state index in [-0.39, 0.29) is 16.8 Å². The van der Waals surface area contributed by atoms with Crippen LogP contribution in [0.5, 0.6) is 5.75 Å². The van der Waals surface area contributed by atoms with Gasteiger partial charge in [-0.3, -0.25) is 4.79 Å². The summed E-state index contributed by atoms with van der Waals surface area (Å²) < 4.78 is 28.2. The van der Waals surface area contributed by atoms with Gasteiger partial charge in [-0.25, -0.2) is 18.5 Å². The number of pyridine rings is 1. The lowest BCUT2D eigenvalue weighted by Crippen LogP contribution is -2.24. The lowest BCUT2D eigenvalue weighted by atomic mass is 10.3. The minimum atomic E-state index is -3.98. The number of hydrogen-bond acceptors (Lipinski definition) is 5. The Morgan fingerprint density at radius 1 is 1.42 bits per heavy atom. The van der Waals surface area contributed by atoms with E-state index >= 15 is 0 Å². The van der Waals surface area contributed by atoms with Crippen molar-refractivity contribution in [2.75, 3.05) is 14.1 Å². The Morgan fingerprint density at radius 3 is 2.53 bits per heavy atom. The number of nitrogens with zero attached hydrogens (tertiary/aromatic N) is 2. The fraction of sp³-hybridized carbons (Fsp3) is 0.455. The maximum absolute atomic E-state index is 11.8. The van der Waals surface area contributed by atoms with Crippen LogP contribution in [0.25, 0.3) is 0 Å². The van der Waals surface area contributed by atoms with Gasteiger partial charge in [-0.1, -0.05) is 0 Å². The van der Waals surface area contributed by atoms with Crippen LogP contribution in [0, 0.1) is 0 Å². The Labute approximate surface area is 111 Å². The number of amides is 1. The molecular weight excluding hydrogens is 270 g/mol. The Balaban J connectivity index is 2.44. The van der Waals surface area contributed by atoms with Gasteiger partial charge in [0.05, 0.1) is 6.10 Å². The highest BCUT2D eigenvalue weighted by molar-refractivity contribution is 7.89. The standard InChI is InChI=1S/C11H15N3O4S/c1-14(2)11(15)9-5-8(18-7-3-4-7)6-10(13-9)19(12,16)17/h5-7H,3-4H2,1-2H3,(H2,12,16,17). The van der Waals surface area contributed by atoms with Crippen molar-refractivity contribution >= 4 is 15.9 Å². The minimum Gasteiger partial charge on any atom is -0.490 e. The molecule has 0 bridgehead atoms. The van der Waals surface area contributed by atoms with Crippen molar-refractivity contribution in [3.05, 3.63) is 17.8 Å². The first kappa shape index (κ1) is 13.8. The second-order valence-electron chi connectivity index (χ2n) is 4.59. The maximum atomic E-state index is 11.8. The van der Waals surface area contributed by atoms with E-state index in [9.17, 15) is 13.2 Å². The molecule has 1 aromatic heterocycles. The van der Waals surface area contributed by atoms with Gasteiger partial charge in [0.1, 0.15) is 11.4 Å². The van der Waals surface area contributed by atoms with Gasteiger partial charge in [0.15, 0.2) is 5.03 Å². The molecule has 19 heavy (non-hydrogen) atoms. The molecule has 8 heteroatoms. The number of rotatable bonds is 4.